The minimum Gasteiger partial charge on any atom is -0.466 e. The van der Waals surface area contributed by atoms with Crippen LogP contribution in [0, 0.1) is 0 Å². The van der Waals surface area contributed by atoms with Crippen LogP contribution in [-0.4, -0.2) is 36.9 Å². The van der Waals surface area contributed by atoms with Crippen molar-refractivity contribution in [1.82, 2.24) is 4.90 Å². The SMILES string of the molecule is CCOC(=O)CCN(CC)Cc1ccc(C=O)cc1. The number of hydrogen-bond acceptors (Lipinski definition) is 4. The van der Waals surface area contributed by atoms with E-state index in [1.807, 2.05) is 31.2 Å². The molecule has 0 heterocycles. The third-order valence-corrected chi connectivity index (χ3v) is 2.91. The fourth-order valence-electron chi connectivity index (χ4n) is 1.79. The molecule has 0 radical (unpaired) electrons. The van der Waals surface area contributed by atoms with Crippen molar-refractivity contribution in [1.29, 1.82) is 0 Å². The standard InChI is InChI=1S/C15H21NO3/c1-3-16(10-9-15(18)19-4-2)11-13-5-7-14(12-17)8-6-13/h5-8,12H,3-4,9-11H2,1-2H3. The molecule has 0 atom stereocenters. The molecule has 4 nitrogen and oxygen atoms in total. The van der Waals surface area contributed by atoms with E-state index in [1.54, 1.807) is 0 Å². The van der Waals surface area contributed by atoms with Gasteiger partial charge in [0.05, 0.1) is 13.0 Å². The molecule has 0 fully saturated rings. The monoisotopic (exact) mass is 263 g/mol. The van der Waals surface area contributed by atoms with Crippen LogP contribution in [0.15, 0.2) is 24.3 Å². The van der Waals surface area contributed by atoms with Crippen LogP contribution < -0.4 is 0 Å². The van der Waals surface area contributed by atoms with Crippen LogP contribution in [-0.2, 0) is 16.1 Å². The Morgan fingerprint density at radius 1 is 1.26 bits per heavy atom. The van der Waals surface area contributed by atoms with Crippen LogP contribution in [0.3, 0.4) is 0 Å². The van der Waals surface area contributed by atoms with E-state index in [1.165, 1.54) is 0 Å². The number of ether oxygens (including phenoxy) is 1. The van der Waals surface area contributed by atoms with Crippen molar-refractivity contribution in [3.63, 3.8) is 0 Å². The molecule has 19 heavy (non-hydrogen) atoms. The topological polar surface area (TPSA) is 46.6 Å². The molecular weight excluding hydrogens is 242 g/mol. The molecule has 1 aromatic rings. The van der Waals surface area contributed by atoms with Crippen LogP contribution >= 0.6 is 0 Å². The van der Waals surface area contributed by atoms with Crippen LogP contribution in [0.2, 0.25) is 0 Å². The Hall–Kier alpha value is -1.68. The molecule has 0 unspecified atom stereocenters. The minimum absolute atomic E-state index is 0.155. The van der Waals surface area contributed by atoms with Crippen molar-refractivity contribution in [3.05, 3.63) is 35.4 Å². The van der Waals surface area contributed by atoms with E-state index < -0.39 is 0 Å². The van der Waals surface area contributed by atoms with E-state index in [-0.39, 0.29) is 5.97 Å². The maximum atomic E-state index is 11.3. The molecule has 1 aromatic carbocycles. The summed E-state index contributed by atoms with van der Waals surface area (Å²) in [4.78, 5) is 24.1. The summed E-state index contributed by atoms with van der Waals surface area (Å²) in [7, 11) is 0. The third kappa shape index (κ3) is 5.66. The van der Waals surface area contributed by atoms with Gasteiger partial charge in [-0.15, -0.1) is 0 Å². The molecule has 0 aliphatic carbocycles. The van der Waals surface area contributed by atoms with Gasteiger partial charge in [0.1, 0.15) is 6.29 Å². The lowest BCUT2D eigenvalue weighted by atomic mass is 10.1. The molecule has 104 valence electrons. The molecule has 0 saturated carbocycles. The van der Waals surface area contributed by atoms with Crippen LogP contribution in [0.1, 0.15) is 36.2 Å². The molecule has 0 bridgehead atoms. The lowest BCUT2D eigenvalue weighted by Crippen LogP contribution is -2.26. The van der Waals surface area contributed by atoms with Crippen molar-refractivity contribution in [2.45, 2.75) is 26.8 Å². The molecule has 0 aliphatic heterocycles. The van der Waals surface area contributed by atoms with Gasteiger partial charge in [-0.05, 0) is 19.0 Å². The lowest BCUT2D eigenvalue weighted by Gasteiger charge is -2.19. The maximum Gasteiger partial charge on any atom is 0.307 e. The first kappa shape index (κ1) is 15.4. The van der Waals surface area contributed by atoms with Gasteiger partial charge in [0.25, 0.3) is 0 Å². The number of hydrogen-bond donors (Lipinski definition) is 0. The lowest BCUT2D eigenvalue weighted by molar-refractivity contribution is -0.143. The van der Waals surface area contributed by atoms with Gasteiger partial charge in [-0.25, -0.2) is 0 Å². The van der Waals surface area contributed by atoms with Crippen molar-refractivity contribution >= 4 is 12.3 Å². The number of carbonyl (C=O) groups is 2. The largest absolute Gasteiger partial charge is 0.466 e. The van der Waals surface area contributed by atoms with Crippen molar-refractivity contribution in [3.8, 4) is 0 Å². The number of rotatable bonds is 8. The van der Waals surface area contributed by atoms with Gasteiger partial charge in [0.15, 0.2) is 0 Å². The number of benzene rings is 1. The quantitative estimate of drug-likeness (QED) is 0.533. The first-order valence-electron chi connectivity index (χ1n) is 6.61. The fourth-order valence-corrected chi connectivity index (χ4v) is 1.79. The number of nitrogens with zero attached hydrogens (tertiary/aromatic N) is 1. The molecule has 0 spiro atoms. The average Bonchev–Trinajstić information content (AvgIpc) is 2.44. The van der Waals surface area contributed by atoms with Gasteiger partial charge in [-0.2, -0.15) is 0 Å². The first-order valence-corrected chi connectivity index (χ1v) is 6.61. The van der Waals surface area contributed by atoms with Gasteiger partial charge in [-0.1, -0.05) is 31.2 Å². The zero-order chi connectivity index (χ0) is 14.1. The Morgan fingerprint density at radius 3 is 2.47 bits per heavy atom. The summed E-state index contributed by atoms with van der Waals surface area (Å²) in [6, 6.07) is 7.50. The summed E-state index contributed by atoms with van der Waals surface area (Å²) < 4.78 is 4.91. The van der Waals surface area contributed by atoms with Crippen LogP contribution in [0.4, 0.5) is 0 Å². The second kappa shape index (κ2) is 8.43. The van der Waals surface area contributed by atoms with Crippen molar-refractivity contribution in [2.24, 2.45) is 0 Å². The highest BCUT2D eigenvalue weighted by Gasteiger charge is 2.08. The number of esters is 1. The summed E-state index contributed by atoms with van der Waals surface area (Å²) in [5, 5.41) is 0. The first-order chi connectivity index (χ1) is 9.19. The van der Waals surface area contributed by atoms with Crippen molar-refractivity contribution in [2.75, 3.05) is 19.7 Å². The summed E-state index contributed by atoms with van der Waals surface area (Å²) in [5.74, 6) is -0.155. The second-order valence-electron chi connectivity index (χ2n) is 4.28. The molecule has 0 aromatic heterocycles. The molecule has 0 N–H and O–H groups in total. The summed E-state index contributed by atoms with van der Waals surface area (Å²) >= 11 is 0. The maximum absolute atomic E-state index is 11.3. The zero-order valence-corrected chi connectivity index (χ0v) is 11.6. The Morgan fingerprint density at radius 2 is 1.95 bits per heavy atom. The van der Waals surface area contributed by atoms with Crippen LogP contribution in [0.25, 0.3) is 0 Å². The Kier molecular flexibility index (Phi) is 6.82. The smallest absolute Gasteiger partial charge is 0.307 e. The highest BCUT2D eigenvalue weighted by atomic mass is 16.5. The van der Waals surface area contributed by atoms with E-state index in [4.69, 9.17) is 4.74 Å². The molecular formula is C15H21NO3. The zero-order valence-electron chi connectivity index (χ0n) is 11.6. The van der Waals surface area contributed by atoms with Gasteiger partial charge in [0, 0.05) is 18.7 Å². The van der Waals surface area contributed by atoms with Crippen molar-refractivity contribution < 1.29 is 14.3 Å². The normalized spacial score (nSPS) is 10.5. The molecule has 4 heteroatoms. The Balaban J connectivity index is 2.46. The fraction of sp³-hybridized carbons (Fsp3) is 0.467. The molecule has 1 rings (SSSR count). The van der Waals surface area contributed by atoms with Gasteiger partial charge in [0.2, 0.25) is 0 Å². The summed E-state index contributed by atoms with van der Waals surface area (Å²) in [6.45, 7) is 6.63. The van der Waals surface area contributed by atoms with E-state index >= 15 is 0 Å². The van der Waals surface area contributed by atoms with E-state index in [0.29, 0.717) is 25.1 Å². The predicted octanol–water partition coefficient (Wildman–Crippen LogP) is 2.27. The molecule has 0 saturated heterocycles. The minimum atomic E-state index is -0.155. The number of aldehydes is 1. The summed E-state index contributed by atoms with van der Waals surface area (Å²) in [5.41, 5.74) is 1.81. The predicted molar refractivity (Wildman–Crippen MR) is 74.0 cm³/mol. The van der Waals surface area contributed by atoms with E-state index in [0.717, 1.165) is 24.9 Å². The third-order valence-electron chi connectivity index (χ3n) is 2.91. The van der Waals surface area contributed by atoms with Gasteiger partial charge in [-0.3, -0.25) is 14.5 Å². The highest BCUT2D eigenvalue weighted by molar-refractivity contribution is 5.74. The average molecular weight is 263 g/mol. The van der Waals surface area contributed by atoms with E-state index in [2.05, 4.69) is 11.8 Å². The van der Waals surface area contributed by atoms with Gasteiger partial charge < -0.3 is 4.74 Å². The Labute approximate surface area is 114 Å². The number of carbonyl (C=O) groups excluding carboxylic acids is 2. The Bertz CT molecular complexity index is 400. The molecule has 0 aliphatic rings. The van der Waals surface area contributed by atoms with Gasteiger partial charge >= 0.3 is 5.97 Å². The second-order valence-corrected chi connectivity index (χ2v) is 4.28. The molecule has 0 amide bonds. The van der Waals surface area contributed by atoms with E-state index in [9.17, 15) is 9.59 Å². The van der Waals surface area contributed by atoms with Crippen LogP contribution in [0.5, 0.6) is 0 Å². The highest BCUT2D eigenvalue weighted by Crippen LogP contribution is 2.07. The summed E-state index contributed by atoms with van der Waals surface area (Å²) in [6.07, 6.45) is 1.25.